The summed E-state index contributed by atoms with van der Waals surface area (Å²) in [5.41, 5.74) is 3.23. The van der Waals surface area contributed by atoms with E-state index in [2.05, 4.69) is 32.5 Å². The zero-order valence-corrected chi connectivity index (χ0v) is 21.2. The molecular weight excluding hydrogens is 461 g/mol. The summed E-state index contributed by atoms with van der Waals surface area (Å²) in [6.45, 7) is 3.96. The van der Waals surface area contributed by atoms with Gasteiger partial charge in [0.25, 0.3) is 5.91 Å². The number of pyridine rings is 1. The lowest BCUT2D eigenvalue weighted by molar-refractivity contribution is 0.0562. The first kappa shape index (κ1) is 23.8. The zero-order chi connectivity index (χ0) is 24.7. The van der Waals surface area contributed by atoms with Crippen LogP contribution in [0, 0.1) is 13.8 Å². The number of halogens is 1. The molecule has 2 heterocycles. The molecule has 6 nitrogen and oxygen atoms in total. The van der Waals surface area contributed by atoms with Gasteiger partial charge in [-0.2, -0.15) is 0 Å². The van der Waals surface area contributed by atoms with Crippen molar-refractivity contribution in [2.45, 2.75) is 50.4 Å². The van der Waals surface area contributed by atoms with Crippen LogP contribution in [0.2, 0.25) is 0 Å². The van der Waals surface area contributed by atoms with Crippen LogP contribution in [0.3, 0.4) is 0 Å². The highest BCUT2D eigenvalue weighted by atomic mass is 28.1. The molecule has 1 aliphatic heterocycles. The summed E-state index contributed by atoms with van der Waals surface area (Å²) in [7, 11) is 5.77. The van der Waals surface area contributed by atoms with E-state index in [0.29, 0.717) is 23.1 Å². The lowest BCUT2D eigenvalue weighted by Gasteiger charge is -2.41. The van der Waals surface area contributed by atoms with Gasteiger partial charge in [0, 0.05) is 28.8 Å². The van der Waals surface area contributed by atoms with Crippen LogP contribution in [0.4, 0.5) is 4.39 Å². The number of alkyl halides is 1. The van der Waals surface area contributed by atoms with Crippen LogP contribution >= 0.6 is 0 Å². The molecule has 1 aliphatic carbocycles. The van der Waals surface area contributed by atoms with Crippen LogP contribution in [0.1, 0.15) is 46.4 Å². The molecule has 5 rings (SSSR count). The number of aryl methyl sites for hydroxylation is 2. The average Bonchev–Trinajstić information content (AvgIpc) is 3.59. The van der Waals surface area contributed by atoms with Gasteiger partial charge in [0.15, 0.2) is 0 Å². The second-order valence-electron chi connectivity index (χ2n) is 9.63. The van der Waals surface area contributed by atoms with Gasteiger partial charge in [-0.1, -0.05) is 12.1 Å². The van der Waals surface area contributed by atoms with E-state index in [0.717, 1.165) is 53.5 Å². The first-order chi connectivity index (χ1) is 16.8. The van der Waals surface area contributed by atoms with Crippen molar-refractivity contribution in [3.05, 3.63) is 64.8 Å². The zero-order valence-electron chi connectivity index (χ0n) is 20.2. The quantitative estimate of drug-likeness (QED) is 0.481. The lowest BCUT2D eigenvalue weighted by Crippen LogP contribution is -2.53. The molecular formula is C27H29FN3O3Si. The molecule has 0 spiro atoms. The number of hydrogen-bond acceptors (Lipinski definition) is 5. The van der Waals surface area contributed by atoms with Gasteiger partial charge in [-0.05, 0) is 82.1 Å². The van der Waals surface area contributed by atoms with E-state index in [1.54, 1.807) is 12.1 Å². The summed E-state index contributed by atoms with van der Waals surface area (Å²) in [5, 5.41) is 4.19. The van der Waals surface area contributed by atoms with Crippen molar-refractivity contribution in [3.8, 4) is 11.5 Å². The second kappa shape index (κ2) is 9.24. The summed E-state index contributed by atoms with van der Waals surface area (Å²) in [6.07, 6.45) is 2.64. The number of likely N-dealkylation sites (N-methyl/N-ethyl adjacent to an activating group) is 1. The van der Waals surface area contributed by atoms with Crippen molar-refractivity contribution in [3.63, 3.8) is 0 Å². The average molecular weight is 491 g/mol. The number of nitrogens with zero attached hydrogens (tertiary/aromatic N) is 2. The SMILES string of the molecule is Cc1ccc2c(C3(NC(=O)c4cc(OC([Si])[C@@H]5CCN5C)ccc4C)CC3)cc(OCF)cc2n1. The van der Waals surface area contributed by atoms with Crippen molar-refractivity contribution >= 4 is 27.1 Å². The Morgan fingerprint density at radius 2 is 2.03 bits per heavy atom. The summed E-state index contributed by atoms with van der Waals surface area (Å²) in [5.74, 6) is 0.889. The van der Waals surface area contributed by atoms with E-state index in [4.69, 9.17) is 9.47 Å². The minimum absolute atomic E-state index is 0.150. The van der Waals surface area contributed by atoms with Crippen LogP contribution in [-0.2, 0) is 5.54 Å². The second-order valence-corrected chi connectivity index (χ2v) is 10.2. The number of carbonyl (C=O) groups is 1. The summed E-state index contributed by atoms with van der Waals surface area (Å²) in [4.78, 5) is 20.3. The summed E-state index contributed by atoms with van der Waals surface area (Å²) >= 11 is 0. The first-order valence-corrected chi connectivity index (χ1v) is 12.5. The van der Waals surface area contributed by atoms with Gasteiger partial charge in [0.05, 0.1) is 27.0 Å². The van der Waals surface area contributed by atoms with E-state index in [9.17, 15) is 9.18 Å². The highest BCUT2D eigenvalue weighted by Crippen LogP contribution is 2.49. The number of amides is 1. The number of ether oxygens (including phenoxy) is 2. The molecule has 3 radical (unpaired) electrons. The minimum Gasteiger partial charge on any atom is -0.493 e. The normalized spacial score (nSPS) is 19.6. The molecule has 35 heavy (non-hydrogen) atoms. The third-order valence-corrected chi connectivity index (χ3v) is 7.67. The molecule has 0 bridgehead atoms. The Balaban J connectivity index is 1.42. The van der Waals surface area contributed by atoms with Crippen LogP contribution in [-0.4, -0.2) is 58.3 Å². The molecule has 2 atom stereocenters. The Morgan fingerprint density at radius 3 is 2.69 bits per heavy atom. The van der Waals surface area contributed by atoms with Crippen LogP contribution in [0.15, 0.2) is 42.5 Å². The maximum atomic E-state index is 13.5. The highest BCUT2D eigenvalue weighted by molar-refractivity contribution is 6.11. The minimum atomic E-state index is -0.923. The van der Waals surface area contributed by atoms with Crippen molar-refractivity contribution in [1.82, 2.24) is 15.2 Å². The van der Waals surface area contributed by atoms with E-state index in [1.807, 2.05) is 44.2 Å². The van der Waals surface area contributed by atoms with Gasteiger partial charge >= 0.3 is 0 Å². The monoisotopic (exact) mass is 490 g/mol. The van der Waals surface area contributed by atoms with E-state index in [1.165, 1.54) is 0 Å². The number of rotatable bonds is 8. The van der Waals surface area contributed by atoms with Crippen LogP contribution < -0.4 is 14.8 Å². The largest absolute Gasteiger partial charge is 0.493 e. The first-order valence-electron chi connectivity index (χ1n) is 11.9. The smallest absolute Gasteiger partial charge is 0.252 e. The van der Waals surface area contributed by atoms with Crippen molar-refractivity contribution in [2.75, 3.05) is 20.5 Å². The van der Waals surface area contributed by atoms with E-state index >= 15 is 0 Å². The molecule has 2 aromatic carbocycles. The number of aromatic nitrogens is 1. The predicted octanol–water partition coefficient (Wildman–Crippen LogP) is 4.15. The number of nitrogens with one attached hydrogen (secondary N) is 1. The summed E-state index contributed by atoms with van der Waals surface area (Å²) < 4.78 is 24.3. The third-order valence-electron chi connectivity index (χ3n) is 7.17. The van der Waals surface area contributed by atoms with Gasteiger partial charge in [-0.3, -0.25) is 9.78 Å². The number of benzene rings is 2. The molecule has 1 saturated heterocycles. The fourth-order valence-electron chi connectivity index (χ4n) is 4.79. The molecule has 2 aliphatic rings. The molecule has 1 unspecified atom stereocenters. The highest BCUT2D eigenvalue weighted by Gasteiger charge is 2.47. The van der Waals surface area contributed by atoms with Crippen molar-refractivity contribution in [2.24, 2.45) is 0 Å². The fourth-order valence-corrected chi connectivity index (χ4v) is 5.34. The Kier molecular flexibility index (Phi) is 6.27. The Labute approximate surface area is 208 Å². The standard InChI is InChI=1S/C27H29FN3O3Si/c1-16-4-6-18(34-26(35)24-8-11-31(24)3)12-21(16)25(32)30-27(9-10-27)22-13-19(33-15-28)14-23-20(22)7-5-17(2)29-23/h4-7,12-14,24,26H,8-11,15H2,1-3H3,(H,30,32)/t24-,26?/m0/s1. The molecule has 1 N–H and O–H groups in total. The topological polar surface area (TPSA) is 63.7 Å². The molecule has 8 heteroatoms. The van der Waals surface area contributed by atoms with Crippen LogP contribution in [0.5, 0.6) is 11.5 Å². The molecule has 1 saturated carbocycles. The molecule has 2 fully saturated rings. The molecule has 1 amide bonds. The van der Waals surface area contributed by atoms with Gasteiger partial charge in [0.1, 0.15) is 11.5 Å². The van der Waals surface area contributed by atoms with Gasteiger partial charge in [-0.15, -0.1) is 0 Å². The van der Waals surface area contributed by atoms with E-state index < -0.39 is 12.4 Å². The number of fused-ring (bicyclic) bond motifs is 1. The molecule has 3 aromatic rings. The van der Waals surface area contributed by atoms with Gasteiger partial charge in [-0.25, -0.2) is 4.39 Å². The molecule has 181 valence electrons. The number of hydrogen-bond donors (Lipinski definition) is 1. The van der Waals surface area contributed by atoms with Gasteiger partial charge in [0.2, 0.25) is 6.86 Å². The van der Waals surface area contributed by atoms with Crippen molar-refractivity contribution in [1.29, 1.82) is 0 Å². The Morgan fingerprint density at radius 1 is 1.23 bits per heavy atom. The maximum absolute atomic E-state index is 13.5. The number of likely N-dealkylation sites (tertiary alicyclic amines) is 1. The van der Waals surface area contributed by atoms with Crippen molar-refractivity contribution < 1.29 is 18.7 Å². The maximum Gasteiger partial charge on any atom is 0.252 e. The Bertz CT molecular complexity index is 1280. The predicted molar refractivity (Wildman–Crippen MR) is 134 cm³/mol. The lowest BCUT2D eigenvalue weighted by atomic mass is 9.97. The molecule has 1 aromatic heterocycles. The fraction of sp³-hybridized carbons (Fsp3) is 0.407. The van der Waals surface area contributed by atoms with Gasteiger partial charge < -0.3 is 19.7 Å². The third kappa shape index (κ3) is 4.64. The van der Waals surface area contributed by atoms with E-state index in [-0.39, 0.29) is 11.6 Å². The summed E-state index contributed by atoms with van der Waals surface area (Å²) in [6, 6.07) is 13.4. The van der Waals surface area contributed by atoms with Crippen LogP contribution in [0.25, 0.3) is 10.9 Å². The number of carbonyl (C=O) groups excluding carboxylic acids is 1. The Hall–Kier alpha value is -2.97.